The van der Waals surface area contributed by atoms with E-state index < -0.39 is 24.6 Å². The molecule has 0 aliphatic carbocycles. The van der Waals surface area contributed by atoms with Crippen molar-refractivity contribution in [2.24, 2.45) is 5.92 Å². The first-order valence-corrected chi connectivity index (χ1v) is 17.3. The molecule has 0 aromatic rings. The molecule has 1 aliphatic heterocycles. The lowest BCUT2D eigenvalue weighted by molar-refractivity contribution is -0.183. The number of carbonyl (C=O) groups excluding carboxylic acids is 1. The normalized spacial score (nSPS) is 20.0. The van der Waals surface area contributed by atoms with E-state index in [0.29, 0.717) is 26.1 Å². The molecule has 10 nitrogen and oxygen atoms in total. The Balaban J connectivity index is 2.42. The molecule has 260 valence electrons. The molecule has 0 aromatic carbocycles. The number of hydrogen-bond donors (Lipinski definition) is 3. The second-order valence-corrected chi connectivity index (χ2v) is 11.5. The highest BCUT2D eigenvalue weighted by Crippen LogP contribution is 2.28. The Hall–Kier alpha value is -1.11. The predicted molar refractivity (Wildman–Crippen MR) is 170 cm³/mol. The second-order valence-electron chi connectivity index (χ2n) is 11.5. The van der Waals surface area contributed by atoms with E-state index in [4.69, 9.17) is 33.5 Å². The number of ether oxygens (including phenoxy) is 6. The van der Waals surface area contributed by atoms with Crippen LogP contribution >= 0.6 is 0 Å². The third kappa shape index (κ3) is 20.1. The third-order valence-electron chi connectivity index (χ3n) is 7.79. The van der Waals surface area contributed by atoms with Gasteiger partial charge in [0.25, 0.3) is 0 Å². The molecule has 0 spiro atoms. The highest BCUT2D eigenvalue weighted by molar-refractivity contribution is 5.72. The molecule has 0 amide bonds. The molecule has 0 aromatic heterocycles. The smallest absolute Gasteiger partial charge is 0.309 e. The Morgan fingerprint density at radius 2 is 1.43 bits per heavy atom. The largest absolute Gasteiger partial charge is 0.466 e. The summed E-state index contributed by atoms with van der Waals surface area (Å²) < 4.78 is 34.5. The molecule has 1 heterocycles. The molecule has 44 heavy (non-hydrogen) atoms. The van der Waals surface area contributed by atoms with Crippen LogP contribution in [0, 0.1) is 5.92 Å². The van der Waals surface area contributed by atoms with Crippen molar-refractivity contribution in [2.45, 2.75) is 135 Å². The van der Waals surface area contributed by atoms with Crippen molar-refractivity contribution in [3.05, 3.63) is 12.2 Å². The fourth-order valence-electron chi connectivity index (χ4n) is 5.42. The van der Waals surface area contributed by atoms with Crippen molar-refractivity contribution in [3.8, 4) is 0 Å². The van der Waals surface area contributed by atoms with Crippen molar-refractivity contribution in [3.63, 3.8) is 0 Å². The lowest BCUT2D eigenvalue weighted by Crippen LogP contribution is -2.42. The monoisotopic (exact) mass is 632 g/mol. The topological polar surface area (TPSA) is 133 Å². The van der Waals surface area contributed by atoms with Gasteiger partial charge in [0.2, 0.25) is 0 Å². The van der Waals surface area contributed by atoms with Crippen molar-refractivity contribution in [1.82, 2.24) is 0 Å². The Bertz CT molecular complexity index is 676. The lowest BCUT2D eigenvalue weighted by atomic mass is 9.97. The third-order valence-corrected chi connectivity index (χ3v) is 7.79. The number of esters is 1. The first-order chi connectivity index (χ1) is 21.6. The Kier molecular flexibility index (Phi) is 27.2. The van der Waals surface area contributed by atoms with Crippen LogP contribution in [-0.4, -0.2) is 105 Å². The maximum absolute atomic E-state index is 12.6. The van der Waals surface area contributed by atoms with E-state index in [0.717, 1.165) is 32.1 Å². The minimum absolute atomic E-state index is 0.100. The minimum Gasteiger partial charge on any atom is -0.466 e. The van der Waals surface area contributed by atoms with Gasteiger partial charge in [0.05, 0.1) is 64.9 Å². The summed E-state index contributed by atoms with van der Waals surface area (Å²) in [6.45, 7) is 4.92. The molecular formula is C34H64O10. The SMILES string of the molecule is CCCCCCCC/C=C/CCCCCCC(CCOCC(OCCO)C1OC(OCCO)CC1OCCO)C(=O)OCC. The molecular weight excluding hydrogens is 568 g/mol. The summed E-state index contributed by atoms with van der Waals surface area (Å²) in [5.41, 5.74) is 0. The molecule has 5 atom stereocenters. The molecule has 1 aliphatic rings. The minimum atomic E-state index is -0.578. The molecule has 0 bridgehead atoms. The number of carbonyl (C=O) groups is 1. The zero-order valence-corrected chi connectivity index (χ0v) is 27.7. The zero-order valence-electron chi connectivity index (χ0n) is 27.7. The molecule has 1 saturated heterocycles. The molecule has 10 heteroatoms. The number of aliphatic hydroxyl groups excluding tert-OH is 3. The van der Waals surface area contributed by atoms with E-state index in [-0.39, 0.29) is 58.1 Å². The van der Waals surface area contributed by atoms with Crippen LogP contribution in [0.4, 0.5) is 0 Å². The summed E-state index contributed by atoms with van der Waals surface area (Å²) in [5, 5.41) is 27.7. The maximum Gasteiger partial charge on any atom is 0.309 e. The number of hydrogen-bond acceptors (Lipinski definition) is 10. The number of aliphatic hydroxyl groups is 3. The van der Waals surface area contributed by atoms with Crippen LogP contribution in [0.1, 0.15) is 110 Å². The van der Waals surface area contributed by atoms with Crippen LogP contribution in [0.5, 0.6) is 0 Å². The fourth-order valence-corrected chi connectivity index (χ4v) is 5.42. The highest BCUT2D eigenvalue weighted by atomic mass is 16.7. The summed E-state index contributed by atoms with van der Waals surface area (Å²) in [4.78, 5) is 12.6. The number of rotatable bonds is 31. The fraction of sp³-hybridized carbons (Fsp3) is 0.912. The average Bonchev–Trinajstić information content (AvgIpc) is 3.44. The average molecular weight is 633 g/mol. The van der Waals surface area contributed by atoms with Gasteiger partial charge in [0, 0.05) is 13.0 Å². The van der Waals surface area contributed by atoms with Crippen LogP contribution in [-0.2, 0) is 33.2 Å². The summed E-state index contributed by atoms with van der Waals surface area (Å²) in [7, 11) is 0. The maximum atomic E-state index is 12.6. The predicted octanol–water partition coefficient (Wildman–Crippen LogP) is 5.10. The van der Waals surface area contributed by atoms with Crippen LogP contribution in [0.2, 0.25) is 0 Å². The number of allylic oxidation sites excluding steroid dienone is 2. The van der Waals surface area contributed by atoms with Gasteiger partial charge in [-0.3, -0.25) is 4.79 Å². The summed E-state index contributed by atoms with van der Waals surface area (Å²) in [6, 6.07) is 0. The van der Waals surface area contributed by atoms with Crippen LogP contribution in [0.25, 0.3) is 0 Å². The van der Waals surface area contributed by atoms with Gasteiger partial charge in [-0.05, 0) is 45.4 Å². The first kappa shape index (κ1) is 40.9. The molecule has 3 N–H and O–H groups in total. The highest BCUT2D eigenvalue weighted by Gasteiger charge is 2.42. The Morgan fingerprint density at radius 1 is 0.795 bits per heavy atom. The van der Waals surface area contributed by atoms with Crippen LogP contribution < -0.4 is 0 Å². The van der Waals surface area contributed by atoms with Gasteiger partial charge in [-0.25, -0.2) is 0 Å². The van der Waals surface area contributed by atoms with Crippen molar-refractivity contribution < 1.29 is 48.5 Å². The molecule has 5 unspecified atom stereocenters. The Morgan fingerprint density at radius 3 is 2.09 bits per heavy atom. The van der Waals surface area contributed by atoms with Gasteiger partial charge in [0.1, 0.15) is 12.2 Å². The number of unbranched alkanes of at least 4 members (excludes halogenated alkanes) is 10. The van der Waals surface area contributed by atoms with Crippen LogP contribution in [0.3, 0.4) is 0 Å². The summed E-state index contributed by atoms with van der Waals surface area (Å²) >= 11 is 0. The van der Waals surface area contributed by atoms with Crippen molar-refractivity contribution in [1.29, 1.82) is 0 Å². The lowest BCUT2D eigenvalue weighted by Gasteiger charge is -2.28. The van der Waals surface area contributed by atoms with Gasteiger partial charge in [-0.15, -0.1) is 0 Å². The van der Waals surface area contributed by atoms with E-state index in [1.54, 1.807) is 0 Å². The van der Waals surface area contributed by atoms with Gasteiger partial charge in [-0.2, -0.15) is 0 Å². The summed E-state index contributed by atoms with van der Waals surface area (Å²) in [5.74, 6) is -0.397. The first-order valence-electron chi connectivity index (χ1n) is 17.3. The molecule has 0 saturated carbocycles. The van der Waals surface area contributed by atoms with Crippen LogP contribution in [0.15, 0.2) is 12.2 Å². The van der Waals surface area contributed by atoms with Crippen molar-refractivity contribution in [2.75, 3.05) is 59.5 Å². The van der Waals surface area contributed by atoms with Gasteiger partial charge < -0.3 is 43.7 Å². The molecule has 1 rings (SSSR count). The molecule has 0 radical (unpaired) electrons. The van der Waals surface area contributed by atoms with Gasteiger partial charge >= 0.3 is 5.97 Å². The van der Waals surface area contributed by atoms with E-state index in [1.807, 2.05) is 6.92 Å². The van der Waals surface area contributed by atoms with Gasteiger partial charge in [-0.1, -0.05) is 70.4 Å². The quantitative estimate of drug-likeness (QED) is 0.0539. The van der Waals surface area contributed by atoms with Crippen molar-refractivity contribution >= 4 is 5.97 Å². The van der Waals surface area contributed by atoms with E-state index in [2.05, 4.69) is 19.1 Å². The molecule has 1 fully saturated rings. The van der Waals surface area contributed by atoms with E-state index in [1.165, 1.54) is 51.4 Å². The van der Waals surface area contributed by atoms with Gasteiger partial charge in [0.15, 0.2) is 6.29 Å². The summed E-state index contributed by atoms with van der Waals surface area (Å²) in [6.07, 6.45) is 19.1. The Labute approximate surface area is 266 Å². The van der Waals surface area contributed by atoms with E-state index >= 15 is 0 Å². The standard InChI is InChI=1S/C34H64O10/c1-3-5-6-7-8-9-10-11-12-13-14-15-16-17-18-29(34(38)40-4-2)19-23-39-28-31(42-25-21-36)33-30(41-24-20-35)27-32(44-33)43-26-22-37/h11-12,29-33,35-37H,3-10,13-28H2,1-2H3/b12-11+. The zero-order chi connectivity index (χ0) is 32.1. The van der Waals surface area contributed by atoms with E-state index in [9.17, 15) is 15.0 Å². The second kappa shape index (κ2) is 29.3.